The maximum atomic E-state index is 11.9. The van der Waals surface area contributed by atoms with Crippen LogP contribution in [0.1, 0.15) is 45.4 Å². The molecule has 5 nitrogen and oxygen atoms in total. The Hall–Kier alpha value is -2.43. The molecule has 0 atom stereocenters. The van der Waals surface area contributed by atoms with E-state index in [0.29, 0.717) is 13.1 Å². The van der Waals surface area contributed by atoms with Crippen LogP contribution in [-0.4, -0.2) is 22.2 Å². The highest BCUT2D eigenvalue weighted by Crippen LogP contribution is 2.13. The third-order valence-corrected chi connectivity index (χ3v) is 4.09. The van der Waals surface area contributed by atoms with Crippen LogP contribution in [0, 0.1) is 0 Å². The molecule has 1 aromatic carbocycles. The van der Waals surface area contributed by atoms with Crippen molar-refractivity contribution in [3.8, 4) is 11.3 Å². The number of benzene rings is 1. The third-order valence-electron chi connectivity index (χ3n) is 4.09. The number of aromatic nitrogens is 2. The Morgan fingerprint density at radius 1 is 1.04 bits per heavy atom. The second kappa shape index (κ2) is 10.4. The molecule has 0 saturated heterocycles. The van der Waals surface area contributed by atoms with Crippen molar-refractivity contribution in [1.29, 1.82) is 0 Å². The lowest BCUT2D eigenvalue weighted by atomic mass is 10.1. The van der Waals surface area contributed by atoms with Crippen molar-refractivity contribution in [2.75, 3.05) is 6.54 Å². The van der Waals surface area contributed by atoms with Crippen LogP contribution >= 0.6 is 0 Å². The zero-order valence-corrected chi connectivity index (χ0v) is 14.9. The fraction of sp³-hybridized carbons (Fsp3) is 0.450. The van der Waals surface area contributed by atoms with Gasteiger partial charge in [-0.05, 0) is 12.5 Å². The lowest BCUT2D eigenvalue weighted by molar-refractivity contribution is -0.121. The highest BCUT2D eigenvalue weighted by molar-refractivity contribution is 5.75. The summed E-state index contributed by atoms with van der Waals surface area (Å²) < 4.78 is 1.36. The molecule has 134 valence electrons. The average molecular weight is 341 g/mol. The zero-order valence-electron chi connectivity index (χ0n) is 14.9. The van der Waals surface area contributed by atoms with Gasteiger partial charge in [0, 0.05) is 24.6 Å². The molecule has 0 saturated carbocycles. The number of carbonyl (C=O) groups is 1. The van der Waals surface area contributed by atoms with Crippen LogP contribution in [-0.2, 0) is 11.3 Å². The van der Waals surface area contributed by atoms with E-state index in [9.17, 15) is 9.59 Å². The lowest BCUT2D eigenvalue weighted by Gasteiger charge is -2.08. The molecule has 25 heavy (non-hydrogen) atoms. The Morgan fingerprint density at radius 3 is 2.56 bits per heavy atom. The van der Waals surface area contributed by atoms with E-state index in [1.807, 2.05) is 30.3 Å². The van der Waals surface area contributed by atoms with Crippen LogP contribution in [0.3, 0.4) is 0 Å². The fourth-order valence-electron chi connectivity index (χ4n) is 2.62. The maximum absolute atomic E-state index is 11.9. The van der Waals surface area contributed by atoms with E-state index < -0.39 is 0 Å². The lowest BCUT2D eigenvalue weighted by Crippen LogP contribution is -2.29. The second-order valence-electron chi connectivity index (χ2n) is 6.16. The van der Waals surface area contributed by atoms with Crippen molar-refractivity contribution in [3.63, 3.8) is 0 Å². The van der Waals surface area contributed by atoms with Crippen molar-refractivity contribution in [1.82, 2.24) is 15.1 Å². The Balaban J connectivity index is 1.82. The van der Waals surface area contributed by atoms with Crippen LogP contribution in [0.2, 0.25) is 0 Å². The summed E-state index contributed by atoms with van der Waals surface area (Å²) in [7, 11) is 0. The molecule has 0 spiro atoms. The van der Waals surface area contributed by atoms with Gasteiger partial charge >= 0.3 is 0 Å². The molecular formula is C20H27N3O2. The van der Waals surface area contributed by atoms with Gasteiger partial charge in [-0.3, -0.25) is 9.59 Å². The number of aryl methyl sites for hydroxylation is 1. The van der Waals surface area contributed by atoms with Crippen molar-refractivity contribution >= 4 is 5.91 Å². The van der Waals surface area contributed by atoms with E-state index >= 15 is 0 Å². The number of nitrogens with one attached hydrogen (secondary N) is 1. The average Bonchev–Trinajstić information content (AvgIpc) is 2.64. The minimum absolute atomic E-state index is 0.0331. The van der Waals surface area contributed by atoms with Gasteiger partial charge in [-0.1, -0.05) is 62.9 Å². The van der Waals surface area contributed by atoms with Crippen molar-refractivity contribution in [3.05, 3.63) is 52.8 Å². The molecule has 0 aliphatic heterocycles. The Bertz CT molecular complexity index is 710. The number of amides is 1. The Morgan fingerprint density at radius 2 is 1.80 bits per heavy atom. The van der Waals surface area contributed by atoms with Crippen molar-refractivity contribution < 1.29 is 4.79 Å². The van der Waals surface area contributed by atoms with E-state index in [1.54, 1.807) is 6.07 Å². The van der Waals surface area contributed by atoms with Gasteiger partial charge in [0.15, 0.2) is 0 Å². The van der Waals surface area contributed by atoms with Crippen LogP contribution in [0.25, 0.3) is 11.3 Å². The molecule has 5 heteroatoms. The largest absolute Gasteiger partial charge is 0.356 e. The molecule has 0 radical (unpaired) electrons. The summed E-state index contributed by atoms with van der Waals surface area (Å²) in [6.07, 6.45) is 6.11. The first-order valence-corrected chi connectivity index (χ1v) is 9.11. The van der Waals surface area contributed by atoms with Gasteiger partial charge in [-0.15, -0.1) is 0 Å². The van der Waals surface area contributed by atoms with E-state index in [2.05, 4.69) is 17.3 Å². The number of hydrogen-bond donors (Lipinski definition) is 1. The summed E-state index contributed by atoms with van der Waals surface area (Å²) in [4.78, 5) is 23.9. The fourth-order valence-corrected chi connectivity index (χ4v) is 2.62. The normalized spacial score (nSPS) is 10.6. The number of hydrogen-bond acceptors (Lipinski definition) is 3. The first-order valence-electron chi connectivity index (χ1n) is 9.11. The monoisotopic (exact) mass is 341 g/mol. The first kappa shape index (κ1) is 18.9. The van der Waals surface area contributed by atoms with E-state index in [4.69, 9.17) is 0 Å². The van der Waals surface area contributed by atoms with Gasteiger partial charge in [0.25, 0.3) is 5.56 Å². The van der Waals surface area contributed by atoms with Crippen LogP contribution in [0.4, 0.5) is 0 Å². The van der Waals surface area contributed by atoms with Crippen LogP contribution < -0.4 is 10.9 Å². The molecule has 1 N–H and O–H groups in total. The number of nitrogens with zero attached hydrogens (tertiary/aromatic N) is 2. The highest BCUT2D eigenvalue weighted by Gasteiger charge is 2.06. The SMILES string of the molecule is CCCCCCCNC(=O)CCn1nc(-c2ccccc2)ccc1=O. The Kier molecular flexibility index (Phi) is 7.89. The molecule has 0 aliphatic carbocycles. The van der Waals surface area contributed by atoms with E-state index in [-0.39, 0.29) is 17.9 Å². The number of rotatable bonds is 10. The predicted molar refractivity (Wildman–Crippen MR) is 100 cm³/mol. The molecule has 1 aromatic heterocycles. The minimum atomic E-state index is -0.188. The second-order valence-corrected chi connectivity index (χ2v) is 6.16. The molecule has 0 aliphatic rings. The summed E-state index contributed by atoms with van der Waals surface area (Å²) in [5.74, 6) is -0.0331. The van der Waals surface area contributed by atoms with Gasteiger partial charge in [0.05, 0.1) is 12.2 Å². The molecule has 0 fully saturated rings. The summed E-state index contributed by atoms with van der Waals surface area (Å²) in [6.45, 7) is 3.18. The molecule has 0 unspecified atom stereocenters. The minimum Gasteiger partial charge on any atom is -0.356 e. The van der Waals surface area contributed by atoms with Gasteiger partial charge in [0.1, 0.15) is 0 Å². The maximum Gasteiger partial charge on any atom is 0.266 e. The summed E-state index contributed by atoms with van der Waals surface area (Å²) in [6, 6.07) is 12.9. The van der Waals surface area contributed by atoms with Gasteiger partial charge in [0.2, 0.25) is 5.91 Å². The number of unbranched alkanes of at least 4 members (excludes halogenated alkanes) is 4. The Labute approximate surface area is 149 Å². The van der Waals surface area contributed by atoms with Gasteiger partial charge < -0.3 is 5.32 Å². The molecule has 2 rings (SSSR count). The number of carbonyl (C=O) groups excluding carboxylic acids is 1. The van der Waals surface area contributed by atoms with Crippen LogP contribution in [0.15, 0.2) is 47.3 Å². The topological polar surface area (TPSA) is 64.0 Å². The van der Waals surface area contributed by atoms with Gasteiger partial charge in [-0.25, -0.2) is 4.68 Å². The highest BCUT2D eigenvalue weighted by atomic mass is 16.2. The van der Waals surface area contributed by atoms with E-state index in [0.717, 1.165) is 24.1 Å². The molecule has 0 bridgehead atoms. The first-order chi connectivity index (χ1) is 12.2. The summed E-state index contributed by atoms with van der Waals surface area (Å²) in [5, 5.41) is 7.28. The van der Waals surface area contributed by atoms with Crippen molar-refractivity contribution in [2.24, 2.45) is 0 Å². The molecular weight excluding hydrogens is 314 g/mol. The smallest absolute Gasteiger partial charge is 0.266 e. The van der Waals surface area contributed by atoms with Gasteiger partial charge in [-0.2, -0.15) is 5.10 Å². The van der Waals surface area contributed by atoms with Crippen molar-refractivity contribution in [2.45, 2.75) is 52.0 Å². The third kappa shape index (κ3) is 6.53. The zero-order chi connectivity index (χ0) is 17.9. The quantitative estimate of drug-likeness (QED) is 0.674. The molecule has 2 aromatic rings. The predicted octanol–water partition coefficient (Wildman–Crippen LogP) is 3.39. The van der Waals surface area contributed by atoms with E-state index in [1.165, 1.54) is 30.0 Å². The molecule has 1 heterocycles. The summed E-state index contributed by atoms with van der Waals surface area (Å²) in [5.41, 5.74) is 1.50. The standard InChI is InChI=1S/C20H27N3O2/c1-2-3-4-5-9-15-21-19(24)14-16-23-20(25)13-12-18(22-23)17-10-7-6-8-11-17/h6-8,10-13H,2-5,9,14-16H2,1H3,(H,21,24). The van der Waals surface area contributed by atoms with Crippen LogP contribution in [0.5, 0.6) is 0 Å². The summed E-state index contributed by atoms with van der Waals surface area (Å²) >= 11 is 0. The molecule has 1 amide bonds.